The molecule has 8 heteroatoms. The molecule has 1 aliphatic rings. The number of nitrogens with zero attached hydrogens (tertiary/aromatic N) is 2. The number of methoxy groups -OCH3 is 1. The van der Waals surface area contributed by atoms with Gasteiger partial charge in [-0.3, -0.25) is 9.59 Å². The van der Waals surface area contributed by atoms with Gasteiger partial charge in [0.25, 0.3) is 5.91 Å². The van der Waals surface area contributed by atoms with Crippen molar-refractivity contribution in [2.75, 3.05) is 32.6 Å². The standard InChI is InChI=1S/C18H21N3O4S/c1-10-15(26-18(19-2)20-10)16(22)21-8-12(13(9-21)17(23)24)11-6-4-5-7-14(11)25-3/h4-7,12-13H,8-9H2,1-3H3,(H,19,20)(H,23,24)/t12-,13+/m0/s1. The number of ether oxygens (including phenoxy) is 1. The SMILES string of the molecule is CNc1nc(C)c(C(=O)N2C[C@@H](C(=O)O)[C@H](c3ccccc3OC)C2)s1. The van der Waals surface area contributed by atoms with Gasteiger partial charge in [-0.15, -0.1) is 0 Å². The van der Waals surface area contributed by atoms with Gasteiger partial charge in [0.1, 0.15) is 10.6 Å². The summed E-state index contributed by atoms with van der Waals surface area (Å²) in [4.78, 5) is 31.2. The molecule has 0 bridgehead atoms. The molecule has 3 rings (SSSR count). The van der Waals surface area contributed by atoms with Crippen molar-refractivity contribution in [3.63, 3.8) is 0 Å². The summed E-state index contributed by atoms with van der Waals surface area (Å²) >= 11 is 1.28. The van der Waals surface area contributed by atoms with E-state index in [1.54, 1.807) is 26.0 Å². The number of benzene rings is 1. The van der Waals surface area contributed by atoms with Crippen LogP contribution in [0.25, 0.3) is 0 Å². The fraction of sp³-hybridized carbons (Fsp3) is 0.389. The first-order valence-corrected chi connectivity index (χ1v) is 9.08. The molecule has 2 N–H and O–H groups in total. The minimum atomic E-state index is -0.909. The molecule has 26 heavy (non-hydrogen) atoms. The van der Waals surface area contributed by atoms with Crippen molar-refractivity contribution >= 4 is 28.3 Å². The molecule has 1 amide bonds. The average Bonchev–Trinajstić information content (AvgIpc) is 3.25. The highest BCUT2D eigenvalue weighted by Crippen LogP contribution is 2.38. The fourth-order valence-electron chi connectivity index (χ4n) is 3.35. The van der Waals surface area contributed by atoms with E-state index in [2.05, 4.69) is 10.3 Å². The van der Waals surface area contributed by atoms with Crippen LogP contribution in [-0.2, 0) is 4.79 Å². The summed E-state index contributed by atoms with van der Waals surface area (Å²) in [7, 11) is 3.31. The molecule has 0 aliphatic carbocycles. The van der Waals surface area contributed by atoms with Crippen LogP contribution in [0.4, 0.5) is 5.13 Å². The number of aliphatic carboxylic acids is 1. The van der Waals surface area contributed by atoms with Crippen LogP contribution in [0.2, 0.25) is 0 Å². The van der Waals surface area contributed by atoms with Crippen LogP contribution in [0, 0.1) is 12.8 Å². The van der Waals surface area contributed by atoms with Crippen molar-refractivity contribution in [2.24, 2.45) is 5.92 Å². The lowest BCUT2D eigenvalue weighted by Gasteiger charge is -2.18. The van der Waals surface area contributed by atoms with Gasteiger partial charge >= 0.3 is 5.97 Å². The summed E-state index contributed by atoms with van der Waals surface area (Å²) in [6.45, 7) is 2.29. The molecular weight excluding hydrogens is 354 g/mol. The van der Waals surface area contributed by atoms with Crippen LogP contribution in [-0.4, -0.2) is 54.1 Å². The van der Waals surface area contributed by atoms with Crippen LogP contribution < -0.4 is 10.1 Å². The predicted molar refractivity (Wildman–Crippen MR) is 99.2 cm³/mol. The first-order valence-electron chi connectivity index (χ1n) is 8.26. The van der Waals surface area contributed by atoms with Gasteiger partial charge in [-0.2, -0.15) is 0 Å². The van der Waals surface area contributed by atoms with Crippen LogP contribution in [0.15, 0.2) is 24.3 Å². The number of carbonyl (C=O) groups excluding carboxylic acids is 1. The Hall–Kier alpha value is -2.61. The first kappa shape index (κ1) is 18.2. The van der Waals surface area contributed by atoms with Crippen LogP contribution in [0.3, 0.4) is 0 Å². The predicted octanol–water partition coefficient (Wildman–Crippen LogP) is 2.44. The summed E-state index contributed by atoms with van der Waals surface area (Å²) in [5, 5.41) is 13.3. The quantitative estimate of drug-likeness (QED) is 0.834. The van der Waals surface area contributed by atoms with Gasteiger partial charge in [0.05, 0.1) is 18.7 Å². The second-order valence-corrected chi connectivity index (χ2v) is 7.19. The maximum absolute atomic E-state index is 12.9. The van der Waals surface area contributed by atoms with Gasteiger partial charge in [-0.25, -0.2) is 4.98 Å². The number of aryl methyl sites for hydroxylation is 1. The zero-order chi connectivity index (χ0) is 18.8. The zero-order valence-electron chi connectivity index (χ0n) is 14.9. The molecule has 0 spiro atoms. The van der Waals surface area contributed by atoms with Crippen molar-refractivity contribution < 1.29 is 19.4 Å². The van der Waals surface area contributed by atoms with E-state index in [-0.39, 0.29) is 18.4 Å². The van der Waals surface area contributed by atoms with Crippen LogP contribution in [0.5, 0.6) is 5.75 Å². The van der Waals surface area contributed by atoms with E-state index in [9.17, 15) is 14.7 Å². The van der Waals surface area contributed by atoms with E-state index in [0.717, 1.165) is 5.56 Å². The zero-order valence-corrected chi connectivity index (χ0v) is 15.7. The molecule has 2 aromatic rings. The fourth-order valence-corrected chi connectivity index (χ4v) is 4.24. The molecular formula is C18H21N3O4S. The maximum atomic E-state index is 12.9. The molecule has 1 fully saturated rings. The molecule has 1 aromatic heterocycles. The lowest BCUT2D eigenvalue weighted by molar-refractivity contribution is -0.141. The Balaban J connectivity index is 1.91. The maximum Gasteiger partial charge on any atom is 0.308 e. The normalized spacial score (nSPS) is 19.4. The number of carboxylic acid groups (broad SMARTS) is 1. The molecule has 138 valence electrons. The second-order valence-electron chi connectivity index (χ2n) is 6.19. The number of likely N-dealkylation sites (tertiary alicyclic amines) is 1. The van der Waals surface area contributed by atoms with E-state index in [1.165, 1.54) is 11.3 Å². The number of amides is 1. The molecule has 0 unspecified atom stereocenters. The number of thiazole rings is 1. The number of anilines is 1. The lowest BCUT2D eigenvalue weighted by atomic mass is 9.88. The third-order valence-electron chi connectivity index (χ3n) is 4.67. The smallest absolute Gasteiger partial charge is 0.308 e. The largest absolute Gasteiger partial charge is 0.496 e. The number of hydrogen-bond donors (Lipinski definition) is 2. The van der Waals surface area contributed by atoms with Crippen molar-refractivity contribution in [1.29, 1.82) is 0 Å². The van der Waals surface area contributed by atoms with E-state index < -0.39 is 11.9 Å². The third kappa shape index (κ3) is 3.24. The highest BCUT2D eigenvalue weighted by atomic mass is 32.1. The van der Waals surface area contributed by atoms with Gasteiger partial charge in [-0.05, 0) is 18.6 Å². The van der Waals surface area contributed by atoms with Gasteiger partial charge in [-0.1, -0.05) is 29.5 Å². The summed E-state index contributed by atoms with van der Waals surface area (Å²) in [6, 6.07) is 7.37. The topological polar surface area (TPSA) is 91.8 Å². The molecule has 0 saturated carbocycles. The Morgan fingerprint density at radius 3 is 2.69 bits per heavy atom. The van der Waals surface area contributed by atoms with Gasteiger partial charge < -0.3 is 20.1 Å². The Morgan fingerprint density at radius 2 is 2.08 bits per heavy atom. The first-order chi connectivity index (χ1) is 12.5. The van der Waals surface area contributed by atoms with Crippen molar-refractivity contribution in [1.82, 2.24) is 9.88 Å². The number of hydrogen-bond acceptors (Lipinski definition) is 6. The molecule has 1 aliphatic heterocycles. The average molecular weight is 375 g/mol. The van der Waals surface area contributed by atoms with Crippen molar-refractivity contribution in [3.8, 4) is 5.75 Å². The minimum absolute atomic E-state index is 0.170. The third-order valence-corrected chi connectivity index (χ3v) is 5.83. The lowest BCUT2D eigenvalue weighted by Crippen LogP contribution is -2.29. The summed E-state index contributed by atoms with van der Waals surface area (Å²) in [6.07, 6.45) is 0. The summed E-state index contributed by atoms with van der Waals surface area (Å²) in [5.74, 6) is -1.43. The van der Waals surface area contributed by atoms with Crippen LogP contribution in [0.1, 0.15) is 26.8 Å². The number of nitrogens with one attached hydrogen (secondary N) is 1. The van der Waals surface area contributed by atoms with E-state index in [4.69, 9.17) is 4.74 Å². The molecule has 2 heterocycles. The number of carbonyl (C=O) groups is 2. The Labute approximate surface area is 155 Å². The van der Waals surface area contributed by atoms with Crippen LogP contribution >= 0.6 is 11.3 Å². The monoisotopic (exact) mass is 375 g/mol. The molecule has 0 radical (unpaired) electrons. The Morgan fingerprint density at radius 1 is 1.35 bits per heavy atom. The number of carboxylic acids is 1. The summed E-state index contributed by atoms with van der Waals surface area (Å²) in [5.41, 5.74) is 1.46. The Bertz CT molecular complexity index is 836. The van der Waals surface area contributed by atoms with Crippen molar-refractivity contribution in [3.05, 3.63) is 40.4 Å². The van der Waals surface area contributed by atoms with E-state index in [0.29, 0.717) is 28.0 Å². The van der Waals surface area contributed by atoms with Gasteiger partial charge in [0.15, 0.2) is 5.13 Å². The highest BCUT2D eigenvalue weighted by molar-refractivity contribution is 7.17. The minimum Gasteiger partial charge on any atom is -0.496 e. The van der Waals surface area contributed by atoms with E-state index in [1.807, 2.05) is 24.3 Å². The Kier molecular flexibility index (Phi) is 5.13. The number of aromatic nitrogens is 1. The van der Waals surface area contributed by atoms with Gasteiger partial charge in [0.2, 0.25) is 0 Å². The molecule has 1 saturated heterocycles. The second kappa shape index (κ2) is 7.33. The highest BCUT2D eigenvalue weighted by Gasteiger charge is 2.42. The van der Waals surface area contributed by atoms with Gasteiger partial charge in [0, 0.05) is 26.1 Å². The van der Waals surface area contributed by atoms with E-state index >= 15 is 0 Å². The number of para-hydroxylation sites is 1. The molecule has 7 nitrogen and oxygen atoms in total. The molecule has 1 aromatic carbocycles. The molecule has 2 atom stereocenters. The summed E-state index contributed by atoms with van der Waals surface area (Å²) < 4.78 is 5.39. The number of rotatable bonds is 5. The van der Waals surface area contributed by atoms with Crippen molar-refractivity contribution in [2.45, 2.75) is 12.8 Å².